The standard InChI is InChI=1S/C26H25N3O/c1-18-27-24-16-15-22(28(2)21-13-14-21)17-23(24)26(30)29(18)25(19-9-5-3-6-10-19)20-11-7-4-8-12-20/h3-12,15-17,21,25H,13-14H2,1-2H3. The molecular formula is C26H25N3O. The molecule has 4 nitrogen and oxygen atoms in total. The minimum atomic E-state index is -0.221. The van der Waals surface area contributed by atoms with Crippen LogP contribution in [0, 0.1) is 6.92 Å². The number of aromatic nitrogens is 2. The fourth-order valence-electron chi connectivity index (χ4n) is 4.26. The van der Waals surface area contributed by atoms with Crippen LogP contribution in [0.15, 0.2) is 83.7 Å². The number of benzene rings is 3. The van der Waals surface area contributed by atoms with Gasteiger partial charge in [0, 0.05) is 18.8 Å². The molecule has 4 heteroatoms. The highest BCUT2D eigenvalue weighted by molar-refractivity contribution is 5.82. The van der Waals surface area contributed by atoms with Crippen molar-refractivity contribution in [3.05, 3.63) is 106 Å². The minimum Gasteiger partial charge on any atom is -0.372 e. The van der Waals surface area contributed by atoms with Crippen LogP contribution in [-0.4, -0.2) is 22.6 Å². The van der Waals surface area contributed by atoms with E-state index in [2.05, 4.69) is 42.3 Å². The van der Waals surface area contributed by atoms with E-state index < -0.39 is 0 Å². The van der Waals surface area contributed by atoms with Gasteiger partial charge >= 0.3 is 0 Å². The largest absolute Gasteiger partial charge is 0.372 e. The van der Waals surface area contributed by atoms with E-state index >= 15 is 0 Å². The van der Waals surface area contributed by atoms with Gasteiger partial charge in [-0.3, -0.25) is 9.36 Å². The Hall–Kier alpha value is -3.40. The Bertz CT molecular complexity index is 1200. The van der Waals surface area contributed by atoms with Gasteiger partial charge in [0.15, 0.2) is 0 Å². The number of rotatable bonds is 5. The Morgan fingerprint density at radius 3 is 2.10 bits per heavy atom. The Labute approximate surface area is 176 Å². The molecule has 0 radical (unpaired) electrons. The lowest BCUT2D eigenvalue weighted by Crippen LogP contribution is -2.30. The summed E-state index contributed by atoms with van der Waals surface area (Å²) in [6.07, 6.45) is 2.43. The summed E-state index contributed by atoms with van der Waals surface area (Å²) in [6.45, 7) is 1.92. The van der Waals surface area contributed by atoms with Crippen molar-refractivity contribution >= 4 is 16.6 Å². The number of fused-ring (bicyclic) bond motifs is 1. The molecule has 4 aromatic rings. The average Bonchev–Trinajstić information content (AvgIpc) is 3.63. The Balaban J connectivity index is 1.73. The van der Waals surface area contributed by atoms with Gasteiger partial charge in [-0.15, -0.1) is 0 Å². The maximum atomic E-state index is 13.8. The van der Waals surface area contributed by atoms with Crippen LogP contribution in [0.25, 0.3) is 10.9 Å². The van der Waals surface area contributed by atoms with Crippen molar-refractivity contribution < 1.29 is 0 Å². The second-order valence-corrected chi connectivity index (χ2v) is 8.10. The number of aryl methyl sites for hydroxylation is 1. The highest BCUT2D eigenvalue weighted by atomic mass is 16.1. The monoisotopic (exact) mass is 395 g/mol. The Morgan fingerprint density at radius 1 is 0.933 bits per heavy atom. The molecule has 0 unspecified atom stereocenters. The van der Waals surface area contributed by atoms with E-state index in [9.17, 15) is 4.79 Å². The molecular weight excluding hydrogens is 370 g/mol. The second-order valence-electron chi connectivity index (χ2n) is 8.10. The third-order valence-electron chi connectivity index (χ3n) is 6.05. The lowest BCUT2D eigenvalue weighted by Gasteiger charge is -2.24. The smallest absolute Gasteiger partial charge is 0.262 e. The maximum Gasteiger partial charge on any atom is 0.262 e. The van der Waals surface area contributed by atoms with Crippen molar-refractivity contribution in [2.75, 3.05) is 11.9 Å². The predicted molar refractivity (Wildman–Crippen MR) is 122 cm³/mol. The van der Waals surface area contributed by atoms with Crippen LogP contribution in [0.5, 0.6) is 0 Å². The molecule has 0 amide bonds. The molecule has 1 aliphatic rings. The Morgan fingerprint density at radius 2 is 1.53 bits per heavy atom. The van der Waals surface area contributed by atoms with Gasteiger partial charge in [0.25, 0.3) is 5.56 Å². The summed E-state index contributed by atoms with van der Waals surface area (Å²) < 4.78 is 1.84. The van der Waals surface area contributed by atoms with E-state index in [4.69, 9.17) is 4.98 Å². The molecule has 0 spiro atoms. The Kier molecular flexibility index (Phi) is 4.62. The summed E-state index contributed by atoms with van der Waals surface area (Å²) in [5, 5.41) is 0.669. The van der Waals surface area contributed by atoms with Gasteiger partial charge in [-0.05, 0) is 49.1 Å². The zero-order chi connectivity index (χ0) is 20.7. The molecule has 3 aromatic carbocycles. The van der Waals surface area contributed by atoms with E-state index in [1.54, 1.807) is 0 Å². The first kappa shape index (κ1) is 18.6. The van der Waals surface area contributed by atoms with Crippen molar-refractivity contribution in [1.82, 2.24) is 9.55 Å². The summed E-state index contributed by atoms with van der Waals surface area (Å²) in [5.74, 6) is 0.716. The first-order valence-electron chi connectivity index (χ1n) is 10.5. The first-order valence-corrected chi connectivity index (χ1v) is 10.5. The third-order valence-corrected chi connectivity index (χ3v) is 6.05. The van der Waals surface area contributed by atoms with E-state index in [-0.39, 0.29) is 11.6 Å². The second kappa shape index (κ2) is 7.45. The molecule has 30 heavy (non-hydrogen) atoms. The SMILES string of the molecule is Cc1nc2ccc(N(C)C3CC3)cc2c(=O)n1C(c1ccccc1)c1ccccc1. The highest BCUT2D eigenvalue weighted by Crippen LogP contribution is 2.32. The topological polar surface area (TPSA) is 38.1 Å². The summed E-state index contributed by atoms with van der Waals surface area (Å²) in [4.78, 5) is 20.9. The average molecular weight is 396 g/mol. The number of nitrogens with zero attached hydrogens (tertiary/aromatic N) is 3. The van der Waals surface area contributed by atoms with E-state index in [1.807, 2.05) is 60.0 Å². The minimum absolute atomic E-state index is 0.00116. The van der Waals surface area contributed by atoms with Gasteiger partial charge in [-0.1, -0.05) is 60.7 Å². The molecule has 0 saturated heterocycles. The number of hydrogen-bond acceptors (Lipinski definition) is 3. The van der Waals surface area contributed by atoms with Crippen molar-refractivity contribution in [3.63, 3.8) is 0 Å². The van der Waals surface area contributed by atoms with Crippen LogP contribution in [0.4, 0.5) is 5.69 Å². The fourth-order valence-corrected chi connectivity index (χ4v) is 4.26. The van der Waals surface area contributed by atoms with Gasteiger partial charge in [-0.2, -0.15) is 0 Å². The fraction of sp³-hybridized carbons (Fsp3) is 0.231. The summed E-state index contributed by atoms with van der Waals surface area (Å²) in [5.41, 5.74) is 3.97. The van der Waals surface area contributed by atoms with E-state index in [0.717, 1.165) is 22.3 Å². The molecule has 150 valence electrons. The molecule has 0 N–H and O–H groups in total. The number of anilines is 1. The van der Waals surface area contributed by atoms with Crippen LogP contribution >= 0.6 is 0 Å². The quantitative estimate of drug-likeness (QED) is 0.480. The van der Waals surface area contributed by atoms with Crippen LogP contribution in [0.3, 0.4) is 0 Å². The maximum absolute atomic E-state index is 13.8. The van der Waals surface area contributed by atoms with Gasteiger partial charge in [0.1, 0.15) is 5.82 Å². The normalized spacial score (nSPS) is 13.7. The molecule has 1 heterocycles. The van der Waals surface area contributed by atoms with Crippen LogP contribution < -0.4 is 10.5 Å². The van der Waals surface area contributed by atoms with E-state index in [0.29, 0.717) is 17.3 Å². The molecule has 1 saturated carbocycles. The molecule has 5 rings (SSSR count). The molecule has 0 bridgehead atoms. The van der Waals surface area contributed by atoms with Gasteiger partial charge < -0.3 is 4.90 Å². The molecule has 1 fully saturated rings. The lowest BCUT2D eigenvalue weighted by molar-refractivity contribution is 0.620. The first-order chi connectivity index (χ1) is 14.6. The van der Waals surface area contributed by atoms with Crippen LogP contribution in [0.2, 0.25) is 0 Å². The van der Waals surface area contributed by atoms with Gasteiger partial charge in [-0.25, -0.2) is 4.98 Å². The molecule has 0 atom stereocenters. The summed E-state index contributed by atoms with van der Waals surface area (Å²) in [6, 6.07) is 26.8. The van der Waals surface area contributed by atoms with E-state index in [1.165, 1.54) is 12.8 Å². The lowest BCUT2D eigenvalue weighted by atomic mass is 9.98. The van der Waals surface area contributed by atoms with Crippen LogP contribution in [-0.2, 0) is 0 Å². The van der Waals surface area contributed by atoms with Crippen molar-refractivity contribution in [2.45, 2.75) is 31.8 Å². The zero-order valence-corrected chi connectivity index (χ0v) is 17.3. The summed E-state index contributed by atoms with van der Waals surface area (Å²) >= 11 is 0. The van der Waals surface area contributed by atoms with Crippen molar-refractivity contribution in [3.8, 4) is 0 Å². The number of hydrogen-bond donors (Lipinski definition) is 0. The third kappa shape index (κ3) is 3.28. The summed E-state index contributed by atoms with van der Waals surface area (Å²) in [7, 11) is 2.11. The molecule has 0 aliphatic heterocycles. The van der Waals surface area contributed by atoms with Crippen molar-refractivity contribution in [1.29, 1.82) is 0 Å². The van der Waals surface area contributed by atoms with Crippen molar-refractivity contribution in [2.24, 2.45) is 0 Å². The zero-order valence-electron chi connectivity index (χ0n) is 17.3. The molecule has 1 aliphatic carbocycles. The predicted octanol–water partition coefficient (Wildman–Crippen LogP) is 4.94. The van der Waals surface area contributed by atoms with Crippen LogP contribution in [0.1, 0.15) is 35.8 Å². The van der Waals surface area contributed by atoms with Gasteiger partial charge in [0.2, 0.25) is 0 Å². The van der Waals surface area contributed by atoms with Gasteiger partial charge in [0.05, 0.1) is 16.9 Å². The highest BCUT2D eigenvalue weighted by Gasteiger charge is 2.27. The molecule has 1 aromatic heterocycles.